The summed E-state index contributed by atoms with van der Waals surface area (Å²) < 4.78 is 0. The van der Waals surface area contributed by atoms with Gasteiger partial charge in [0.2, 0.25) is 0 Å². The summed E-state index contributed by atoms with van der Waals surface area (Å²) in [6.07, 6.45) is 1.20. The average Bonchev–Trinajstić information content (AvgIpc) is 2.13. The number of nitrogens with one attached hydrogen (secondary N) is 1. The molecule has 0 amide bonds. The molecule has 0 aliphatic carbocycles. The lowest BCUT2D eigenvalue weighted by atomic mass is 9.87. The number of nitrogens with zero attached hydrogens (tertiary/aromatic N) is 1. The Morgan fingerprint density at radius 2 is 2.21 bits per heavy atom. The first-order valence-corrected chi connectivity index (χ1v) is 5.68. The van der Waals surface area contributed by atoms with Crippen molar-refractivity contribution in [2.75, 3.05) is 20.1 Å². The second-order valence-electron chi connectivity index (χ2n) is 4.27. The third kappa shape index (κ3) is 2.72. The van der Waals surface area contributed by atoms with Gasteiger partial charge < -0.3 is 5.32 Å². The van der Waals surface area contributed by atoms with Crippen molar-refractivity contribution in [1.29, 1.82) is 0 Å². The molecule has 0 radical (unpaired) electrons. The van der Waals surface area contributed by atoms with Crippen LogP contribution in [0.25, 0.3) is 0 Å². The van der Waals surface area contributed by atoms with Gasteiger partial charge in [0.25, 0.3) is 0 Å². The zero-order valence-corrected chi connectivity index (χ0v) is 10.1. The van der Waals surface area contributed by atoms with E-state index in [1.807, 2.05) is 7.05 Å². The van der Waals surface area contributed by atoms with Crippen LogP contribution in [0.3, 0.4) is 0 Å². The number of piperidine rings is 1. The molecule has 0 spiro atoms. The van der Waals surface area contributed by atoms with Gasteiger partial charge in [-0.3, -0.25) is 4.90 Å². The first-order valence-electron chi connectivity index (χ1n) is 5.31. The Kier molecular flexibility index (Phi) is 4.42. The van der Waals surface area contributed by atoms with Crippen LogP contribution in [0.1, 0.15) is 20.3 Å². The van der Waals surface area contributed by atoms with Crippen LogP contribution in [0.2, 0.25) is 0 Å². The Bertz CT molecular complexity index is 205. The Labute approximate surface area is 92.3 Å². The highest BCUT2D eigenvalue weighted by atomic mass is 35.5. The summed E-state index contributed by atoms with van der Waals surface area (Å²) in [5, 5.41) is 4.12. The number of likely N-dealkylation sites (tertiary alicyclic amines) is 1. The molecule has 0 aromatic rings. The molecule has 1 heterocycles. The van der Waals surface area contributed by atoms with Crippen LogP contribution < -0.4 is 5.32 Å². The van der Waals surface area contributed by atoms with E-state index in [4.69, 9.17) is 11.6 Å². The highest BCUT2D eigenvalue weighted by Gasteiger charge is 2.31. The van der Waals surface area contributed by atoms with Gasteiger partial charge in [0.05, 0.1) is 0 Å². The van der Waals surface area contributed by atoms with Crippen molar-refractivity contribution in [1.82, 2.24) is 10.2 Å². The van der Waals surface area contributed by atoms with Gasteiger partial charge in [-0.2, -0.15) is 0 Å². The second kappa shape index (κ2) is 5.15. The minimum atomic E-state index is 0.580. The molecule has 1 aliphatic heterocycles. The zero-order valence-electron chi connectivity index (χ0n) is 9.39. The molecule has 82 valence electrons. The predicted molar refractivity (Wildman–Crippen MR) is 62.7 cm³/mol. The molecule has 2 nitrogen and oxygen atoms in total. The molecule has 3 atom stereocenters. The van der Waals surface area contributed by atoms with Gasteiger partial charge >= 0.3 is 0 Å². The van der Waals surface area contributed by atoms with Crippen LogP contribution in [0.15, 0.2) is 11.6 Å². The molecular formula is C11H21ClN2. The van der Waals surface area contributed by atoms with Crippen molar-refractivity contribution in [2.45, 2.75) is 32.4 Å². The molecule has 1 N–H and O–H groups in total. The van der Waals surface area contributed by atoms with Gasteiger partial charge in [-0.05, 0) is 26.3 Å². The van der Waals surface area contributed by atoms with E-state index in [1.54, 1.807) is 0 Å². The fourth-order valence-electron chi connectivity index (χ4n) is 2.29. The number of hydrogen-bond acceptors (Lipinski definition) is 2. The zero-order chi connectivity index (χ0) is 10.7. The highest BCUT2D eigenvalue weighted by molar-refractivity contribution is 6.29. The third-order valence-electron chi connectivity index (χ3n) is 3.44. The van der Waals surface area contributed by atoms with E-state index in [0.29, 0.717) is 18.0 Å². The van der Waals surface area contributed by atoms with Gasteiger partial charge in [0.15, 0.2) is 0 Å². The summed E-state index contributed by atoms with van der Waals surface area (Å²) >= 11 is 5.84. The van der Waals surface area contributed by atoms with Gasteiger partial charge in [-0.1, -0.05) is 25.1 Å². The van der Waals surface area contributed by atoms with E-state index >= 15 is 0 Å². The molecule has 1 rings (SSSR count). The van der Waals surface area contributed by atoms with E-state index in [-0.39, 0.29) is 0 Å². The smallest absolute Gasteiger partial charge is 0.0338 e. The first kappa shape index (κ1) is 12.0. The van der Waals surface area contributed by atoms with E-state index in [2.05, 4.69) is 30.6 Å². The van der Waals surface area contributed by atoms with E-state index in [1.165, 1.54) is 6.42 Å². The van der Waals surface area contributed by atoms with Crippen molar-refractivity contribution in [2.24, 2.45) is 5.92 Å². The number of halogens is 1. The van der Waals surface area contributed by atoms with Crippen molar-refractivity contribution in [3.8, 4) is 0 Å². The lowest BCUT2D eigenvalue weighted by molar-refractivity contribution is 0.0984. The quantitative estimate of drug-likeness (QED) is 0.777. The SMILES string of the molecule is C=C(Cl)CN1CCC(NC)C(C)C1C. The minimum absolute atomic E-state index is 0.580. The van der Waals surface area contributed by atoms with Crippen LogP contribution in [-0.4, -0.2) is 37.1 Å². The first-order chi connectivity index (χ1) is 6.56. The van der Waals surface area contributed by atoms with Crippen molar-refractivity contribution in [3.63, 3.8) is 0 Å². The molecule has 1 saturated heterocycles. The minimum Gasteiger partial charge on any atom is -0.317 e. The highest BCUT2D eigenvalue weighted by Crippen LogP contribution is 2.24. The van der Waals surface area contributed by atoms with Crippen LogP contribution in [0.5, 0.6) is 0 Å². The standard InChI is InChI=1S/C11H21ClN2/c1-8(12)7-14-6-5-11(13-4)9(2)10(14)3/h9-11,13H,1,5-7H2,2-4H3. The number of rotatable bonds is 3. The van der Waals surface area contributed by atoms with Gasteiger partial charge in [0.1, 0.15) is 0 Å². The van der Waals surface area contributed by atoms with Crippen molar-refractivity contribution >= 4 is 11.6 Å². The van der Waals surface area contributed by atoms with Crippen LogP contribution in [0, 0.1) is 5.92 Å². The summed E-state index contributed by atoms with van der Waals surface area (Å²) in [4.78, 5) is 2.41. The van der Waals surface area contributed by atoms with Crippen LogP contribution >= 0.6 is 11.6 Å². The monoisotopic (exact) mass is 216 g/mol. The summed E-state index contributed by atoms with van der Waals surface area (Å²) in [5.74, 6) is 0.671. The van der Waals surface area contributed by atoms with Gasteiger partial charge in [0, 0.05) is 30.2 Å². The molecule has 3 heteroatoms. The van der Waals surface area contributed by atoms with Gasteiger partial charge in [-0.15, -0.1) is 0 Å². The van der Waals surface area contributed by atoms with Crippen molar-refractivity contribution in [3.05, 3.63) is 11.6 Å². The van der Waals surface area contributed by atoms with E-state index < -0.39 is 0 Å². The van der Waals surface area contributed by atoms with Gasteiger partial charge in [-0.25, -0.2) is 0 Å². The summed E-state index contributed by atoms with van der Waals surface area (Å²) in [6.45, 7) is 10.3. The predicted octanol–water partition coefficient (Wildman–Crippen LogP) is 2.06. The molecule has 0 saturated carbocycles. The average molecular weight is 217 g/mol. The maximum Gasteiger partial charge on any atom is 0.0338 e. The molecule has 1 fully saturated rings. The summed E-state index contributed by atoms with van der Waals surface area (Å²) in [7, 11) is 2.05. The van der Waals surface area contributed by atoms with E-state index in [0.717, 1.165) is 18.1 Å². The van der Waals surface area contributed by atoms with Crippen LogP contribution in [-0.2, 0) is 0 Å². The lowest BCUT2D eigenvalue weighted by Gasteiger charge is -2.42. The molecule has 0 aromatic carbocycles. The molecule has 0 bridgehead atoms. The Morgan fingerprint density at radius 1 is 1.57 bits per heavy atom. The Balaban J connectivity index is 2.54. The third-order valence-corrected chi connectivity index (χ3v) is 3.56. The molecule has 3 unspecified atom stereocenters. The molecule has 1 aliphatic rings. The normalized spacial score (nSPS) is 34.4. The fourth-order valence-corrected chi connectivity index (χ4v) is 2.44. The topological polar surface area (TPSA) is 15.3 Å². The fraction of sp³-hybridized carbons (Fsp3) is 0.818. The largest absolute Gasteiger partial charge is 0.317 e. The molecular weight excluding hydrogens is 196 g/mol. The Morgan fingerprint density at radius 3 is 2.71 bits per heavy atom. The lowest BCUT2D eigenvalue weighted by Crippen LogP contribution is -2.52. The van der Waals surface area contributed by atoms with Crippen LogP contribution in [0.4, 0.5) is 0 Å². The Hall–Kier alpha value is -0.0500. The summed E-state index contributed by atoms with van der Waals surface area (Å²) in [6, 6.07) is 1.22. The second-order valence-corrected chi connectivity index (χ2v) is 4.81. The maximum absolute atomic E-state index is 5.84. The summed E-state index contributed by atoms with van der Waals surface area (Å²) in [5.41, 5.74) is 0. The maximum atomic E-state index is 5.84. The van der Waals surface area contributed by atoms with E-state index in [9.17, 15) is 0 Å². The number of hydrogen-bond donors (Lipinski definition) is 1. The van der Waals surface area contributed by atoms with Crippen molar-refractivity contribution < 1.29 is 0 Å². The molecule has 14 heavy (non-hydrogen) atoms. The molecule has 0 aromatic heterocycles.